The minimum atomic E-state index is -0.340. The Hall–Kier alpha value is -1.30. The van der Waals surface area contributed by atoms with Crippen LogP contribution < -0.4 is 5.32 Å². The van der Waals surface area contributed by atoms with Crippen LogP contribution in [0.5, 0.6) is 0 Å². The Morgan fingerprint density at radius 2 is 2.31 bits per heavy atom. The number of alkyl halides is 1. The van der Waals surface area contributed by atoms with Crippen molar-refractivity contribution in [3.8, 4) is 0 Å². The van der Waals surface area contributed by atoms with Gasteiger partial charge in [0.1, 0.15) is 6.33 Å². The molecule has 0 aliphatic carbocycles. The van der Waals surface area contributed by atoms with Crippen LogP contribution in [0.2, 0.25) is 0 Å². The second-order valence-electron chi connectivity index (χ2n) is 3.57. The van der Waals surface area contributed by atoms with Crippen molar-refractivity contribution in [3.05, 3.63) is 23.8 Å². The maximum absolute atomic E-state index is 11.7. The minimum absolute atomic E-state index is 0.212. The van der Waals surface area contributed by atoms with Crippen molar-refractivity contribution in [1.82, 2.24) is 15.3 Å². The van der Waals surface area contributed by atoms with Gasteiger partial charge in [0, 0.05) is 23.5 Å². The van der Waals surface area contributed by atoms with E-state index in [-0.39, 0.29) is 17.7 Å². The SMILES string of the molecule is O=C1CCC(c2ncncc2CBr)C(=O)N1. The summed E-state index contributed by atoms with van der Waals surface area (Å²) in [7, 11) is 0. The molecule has 0 radical (unpaired) electrons. The summed E-state index contributed by atoms with van der Waals surface area (Å²) in [4.78, 5) is 30.7. The van der Waals surface area contributed by atoms with Gasteiger partial charge in [-0.05, 0) is 6.42 Å². The van der Waals surface area contributed by atoms with Crippen molar-refractivity contribution in [2.45, 2.75) is 24.1 Å². The molecule has 2 heterocycles. The zero-order chi connectivity index (χ0) is 11.5. The Balaban J connectivity index is 2.30. The summed E-state index contributed by atoms with van der Waals surface area (Å²) >= 11 is 3.33. The lowest BCUT2D eigenvalue weighted by Crippen LogP contribution is -2.40. The van der Waals surface area contributed by atoms with Gasteiger partial charge in [0.25, 0.3) is 0 Å². The normalized spacial score (nSPS) is 20.7. The van der Waals surface area contributed by atoms with E-state index in [0.29, 0.717) is 23.9 Å². The molecule has 1 aliphatic rings. The van der Waals surface area contributed by atoms with Crippen molar-refractivity contribution in [3.63, 3.8) is 0 Å². The summed E-state index contributed by atoms with van der Waals surface area (Å²) in [5.74, 6) is -0.818. The number of carbonyl (C=O) groups excluding carboxylic acids is 2. The number of hydrogen-bond acceptors (Lipinski definition) is 4. The third-order valence-electron chi connectivity index (χ3n) is 2.54. The van der Waals surface area contributed by atoms with Crippen molar-refractivity contribution in [2.24, 2.45) is 0 Å². The van der Waals surface area contributed by atoms with Gasteiger partial charge in [0.2, 0.25) is 11.8 Å². The molecule has 0 bridgehead atoms. The molecule has 0 saturated carbocycles. The Labute approximate surface area is 101 Å². The van der Waals surface area contributed by atoms with Gasteiger partial charge < -0.3 is 0 Å². The van der Waals surface area contributed by atoms with E-state index >= 15 is 0 Å². The predicted molar refractivity (Wildman–Crippen MR) is 59.8 cm³/mol. The molecular formula is C10H10BrN3O2. The molecule has 1 N–H and O–H groups in total. The average Bonchev–Trinajstić information content (AvgIpc) is 2.29. The number of rotatable bonds is 2. The number of imide groups is 1. The van der Waals surface area contributed by atoms with E-state index in [0.717, 1.165) is 5.56 Å². The molecule has 2 rings (SSSR count). The Morgan fingerprint density at radius 3 is 3.00 bits per heavy atom. The Kier molecular flexibility index (Phi) is 3.28. The van der Waals surface area contributed by atoms with Crippen LogP contribution in [0.1, 0.15) is 30.0 Å². The second-order valence-corrected chi connectivity index (χ2v) is 4.13. The number of piperidine rings is 1. The number of hydrogen-bond donors (Lipinski definition) is 1. The fourth-order valence-corrected chi connectivity index (χ4v) is 2.17. The average molecular weight is 284 g/mol. The van der Waals surface area contributed by atoms with Crippen LogP contribution >= 0.6 is 15.9 Å². The molecule has 1 saturated heterocycles. The van der Waals surface area contributed by atoms with Gasteiger partial charge in [-0.15, -0.1) is 0 Å². The first kappa shape index (κ1) is 11.2. The van der Waals surface area contributed by atoms with E-state index in [9.17, 15) is 9.59 Å². The lowest BCUT2D eigenvalue weighted by Gasteiger charge is -2.21. The van der Waals surface area contributed by atoms with Crippen LogP contribution in [0, 0.1) is 0 Å². The summed E-state index contributed by atoms with van der Waals surface area (Å²) in [5, 5.41) is 2.92. The van der Waals surface area contributed by atoms with Crippen LogP contribution in [-0.2, 0) is 14.9 Å². The summed E-state index contributed by atoms with van der Waals surface area (Å²) < 4.78 is 0. The zero-order valence-electron chi connectivity index (χ0n) is 8.44. The number of halogens is 1. The van der Waals surface area contributed by atoms with E-state index < -0.39 is 0 Å². The minimum Gasteiger partial charge on any atom is -0.296 e. The number of nitrogens with one attached hydrogen (secondary N) is 1. The van der Waals surface area contributed by atoms with Gasteiger partial charge in [-0.25, -0.2) is 9.97 Å². The van der Waals surface area contributed by atoms with Crippen LogP contribution in [0.15, 0.2) is 12.5 Å². The third-order valence-corrected chi connectivity index (χ3v) is 3.14. The predicted octanol–water partition coefficient (Wildman–Crippen LogP) is 0.892. The highest BCUT2D eigenvalue weighted by Crippen LogP contribution is 2.26. The lowest BCUT2D eigenvalue weighted by atomic mass is 9.92. The highest BCUT2D eigenvalue weighted by atomic mass is 79.9. The van der Waals surface area contributed by atoms with Gasteiger partial charge in [0.15, 0.2) is 0 Å². The monoisotopic (exact) mass is 283 g/mol. The number of nitrogens with zero attached hydrogens (tertiary/aromatic N) is 2. The summed E-state index contributed by atoms with van der Waals surface area (Å²) in [6.45, 7) is 0. The molecule has 2 amide bonds. The number of amides is 2. The number of carbonyl (C=O) groups is 2. The van der Waals surface area contributed by atoms with Gasteiger partial charge in [-0.2, -0.15) is 0 Å². The largest absolute Gasteiger partial charge is 0.296 e. The molecule has 1 unspecified atom stereocenters. The molecule has 84 valence electrons. The van der Waals surface area contributed by atoms with E-state index in [4.69, 9.17) is 0 Å². The van der Waals surface area contributed by atoms with Crippen molar-refractivity contribution in [1.29, 1.82) is 0 Å². The standard InChI is InChI=1S/C10H10BrN3O2/c11-3-6-4-12-5-13-9(6)7-1-2-8(15)14-10(7)16/h4-5,7H,1-3H2,(H,14,15,16). The second kappa shape index (κ2) is 4.69. The van der Waals surface area contributed by atoms with Gasteiger partial charge in [-0.1, -0.05) is 15.9 Å². The maximum Gasteiger partial charge on any atom is 0.235 e. The van der Waals surface area contributed by atoms with E-state index in [1.54, 1.807) is 6.20 Å². The molecule has 1 aromatic rings. The maximum atomic E-state index is 11.7. The molecule has 1 atom stereocenters. The highest BCUT2D eigenvalue weighted by Gasteiger charge is 2.30. The van der Waals surface area contributed by atoms with Crippen molar-refractivity contribution < 1.29 is 9.59 Å². The molecule has 5 nitrogen and oxygen atoms in total. The summed E-state index contributed by atoms with van der Waals surface area (Å²) in [5.41, 5.74) is 1.59. The lowest BCUT2D eigenvalue weighted by molar-refractivity contribution is -0.134. The fraction of sp³-hybridized carbons (Fsp3) is 0.400. The van der Waals surface area contributed by atoms with Gasteiger partial charge in [-0.3, -0.25) is 14.9 Å². The van der Waals surface area contributed by atoms with Crippen LogP contribution in [-0.4, -0.2) is 21.8 Å². The Morgan fingerprint density at radius 1 is 1.50 bits per heavy atom. The molecule has 1 aromatic heterocycles. The molecule has 0 aromatic carbocycles. The molecular weight excluding hydrogens is 274 g/mol. The van der Waals surface area contributed by atoms with E-state index in [1.807, 2.05) is 0 Å². The molecule has 6 heteroatoms. The topological polar surface area (TPSA) is 72.0 Å². The summed E-state index contributed by atoms with van der Waals surface area (Å²) in [6, 6.07) is 0. The summed E-state index contributed by atoms with van der Waals surface area (Å²) in [6.07, 6.45) is 3.98. The van der Waals surface area contributed by atoms with E-state index in [1.165, 1.54) is 6.33 Å². The molecule has 1 aliphatic heterocycles. The highest BCUT2D eigenvalue weighted by molar-refractivity contribution is 9.08. The van der Waals surface area contributed by atoms with Crippen LogP contribution in [0.3, 0.4) is 0 Å². The zero-order valence-corrected chi connectivity index (χ0v) is 10.0. The Bertz CT molecular complexity index is 436. The number of aromatic nitrogens is 2. The van der Waals surface area contributed by atoms with Crippen molar-refractivity contribution in [2.75, 3.05) is 0 Å². The van der Waals surface area contributed by atoms with E-state index in [2.05, 4.69) is 31.2 Å². The molecule has 0 spiro atoms. The first-order chi connectivity index (χ1) is 7.72. The quantitative estimate of drug-likeness (QED) is 0.646. The molecule has 16 heavy (non-hydrogen) atoms. The third kappa shape index (κ3) is 2.11. The first-order valence-electron chi connectivity index (χ1n) is 4.91. The molecule has 1 fully saturated rings. The first-order valence-corrected chi connectivity index (χ1v) is 6.03. The smallest absolute Gasteiger partial charge is 0.235 e. The van der Waals surface area contributed by atoms with Crippen LogP contribution in [0.4, 0.5) is 0 Å². The van der Waals surface area contributed by atoms with Gasteiger partial charge in [0.05, 0.1) is 11.6 Å². The van der Waals surface area contributed by atoms with Gasteiger partial charge >= 0.3 is 0 Å². The van der Waals surface area contributed by atoms with Crippen molar-refractivity contribution >= 4 is 27.7 Å². The fourth-order valence-electron chi connectivity index (χ4n) is 1.74. The van der Waals surface area contributed by atoms with Crippen LogP contribution in [0.25, 0.3) is 0 Å².